The van der Waals surface area contributed by atoms with Crippen LogP contribution in [0.2, 0.25) is 0 Å². The summed E-state index contributed by atoms with van der Waals surface area (Å²) in [4.78, 5) is 27.7. The number of likely N-dealkylation sites (N-methyl/N-ethyl adjacent to an activating group) is 1. The van der Waals surface area contributed by atoms with Gasteiger partial charge in [-0.15, -0.1) is 0 Å². The summed E-state index contributed by atoms with van der Waals surface area (Å²) in [6, 6.07) is 2.73. The third-order valence-electron chi connectivity index (χ3n) is 2.67. The van der Waals surface area contributed by atoms with Gasteiger partial charge in [-0.1, -0.05) is 6.92 Å². The summed E-state index contributed by atoms with van der Waals surface area (Å²) in [6.45, 7) is 6.88. The molecule has 0 aromatic carbocycles. The Bertz CT molecular complexity index is 462. The molecule has 110 valence electrons. The molecule has 6 nitrogen and oxygen atoms in total. The average molecular weight is 278 g/mol. The van der Waals surface area contributed by atoms with E-state index in [0.717, 1.165) is 13.0 Å². The van der Waals surface area contributed by atoms with Gasteiger partial charge in [-0.05, 0) is 32.4 Å². The average Bonchev–Trinajstić information content (AvgIpc) is 2.45. The molecule has 1 aromatic rings. The molecule has 20 heavy (non-hydrogen) atoms. The molecule has 0 radical (unpaired) electrons. The van der Waals surface area contributed by atoms with Gasteiger partial charge in [-0.2, -0.15) is 0 Å². The molecule has 0 aliphatic heterocycles. The second kappa shape index (κ2) is 8.14. The number of nitrogens with zero attached hydrogens (tertiary/aromatic N) is 1. The Labute approximate surface area is 119 Å². The minimum absolute atomic E-state index is 0.195. The molecule has 6 heteroatoms. The monoisotopic (exact) mass is 278 g/mol. The number of aromatic nitrogens is 1. The van der Waals surface area contributed by atoms with Gasteiger partial charge >= 0.3 is 0 Å². The van der Waals surface area contributed by atoms with Gasteiger partial charge in [-0.25, -0.2) is 4.98 Å². The highest BCUT2D eigenvalue weighted by molar-refractivity contribution is 5.97. The van der Waals surface area contributed by atoms with Crippen LogP contribution in [-0.2, 0) is 4.79 Å². The molecule has 2 amide bonds. The first-order valence-corrected chi connectivity index (χ1v) is 6.87. The summed E-state index contributed by atoms with van der Waals surface area (Å²) < 4.78 is 0. The molecule has 0 saturated carbocycles. The molecule has 0 saturated heterocycles. The minimum Gasteiger partial charge on any atom is -0.370 e. The number of rotatable bonds is 7. The molecular formula is C14H22N4O2. The summed E-state index contributed by atoms with van der Waals surface area (Å²) in [5.41, 5.74) is 0.481. The van der Waals surface area contributed by atoms with Gasteiger partial charge in [0.25, 0.3) is 5.91 Å². The summed E-state index contributed by atoms with van der Waals surface area (Å²) in [5.74, 6) is 0.176. The fourth-order valence-electron chi connectivity index (χ4n) is 1.59. The van der Waals surface area contributed by atoms with E-state index in [4.69, 9.17) is 0 Å². The van der Waals surface area contributed by atoms with E-state index in [9.17, 15) is 9.59 Å². The number of hydrogen-bond donors (Lipinski definition) is 3. The van der Waals surface area contributed by atoms with Crippen LogP contribution in [0.15, 0.2) is 18.3 Å². The fourth-order valence-corrected chi connectivity index (χ4v) is 1.59. The number of carbonyl (C=O) groups excluding carboxylic acids is 2. The van der Waals surface area contributed by atoms with E-state index < -0.39 is 6.04 Å². The zero-order valence-corrected chi connectivity index (χ0v) is 12.2. The Hall–Kier alpha value is -2.11. The largest absolute Gasteiger partial charge is 0.370 e. The van der Waals surface area contributed by atoms with Crippen molar-refractivity contribution in [3.8, 4) is 0 Å². The molecule has 0 spiro atoms. The second-order valence-electron chi connectivity index (χ2n) is 4.45. The van der Waals surface area contributed by atoms with Crippen molar-refractivity contribution in [2.75, 3.05) is 18.4 Å². The third-order valence-corrected chi connectivity index (χ3v) is 2.67. The maximum absolute atomic E-state index is 12.0. The Morgan fingerprint density at radius 1 is 1.35 bits per heavy atom. The van der Waals surface area contributed by atoms with Crippen LogP contribution in [0.4, 0.5) is 5.82 Å². The van der Waals surface area contributed by atoms with Crippen molar-refractivity contribution in [2.24, 2.45) is 0 Å². The van der Waals surface area contributed by atoms with Crippen molar-refractivity contribution in [3.05, 3.63) is 23.9 Å². The van der Waals surface area contributed by atoms with E-state index in [1.807, 2.05) is 6.92 Å². The van der Waals surface area contributed by atoms with Gasteiger partial charge < -0.3 is 16.0 Å². The molecule has 0 fully saturated rings. The Kier molecular flexibility index (Phi) is 6.49. The smallest absolute Gasteiger partial charge is 0.252 e. The van der Waals surface area contributed by atoms with Gasteiger partial charge in [0.2, 0.25) is 5.91 Å². The topological polar surface area (TPSA) is 83.1 Å². The van der Waals surface area contributed by atoms with Crippen molar-refractivity contribution in [1.29, 1.82) is 0 Å². The van der Waals surface area contributed by atoms with E-state index in [1.54, 1.807) is 25.3 Å². The fraction of sp³-hybridized carbons (Fsp3) is 0.500. The van der Waals surface area contributed by atoms with Gasteiger partial charge in [0.05, 0.1) is 0 Å². The summed E-state index contributed by atoms with van der Waals surface area (Å²) in [5, 5.41) is 8.44. The molecular weight excluding hydrogens is 256 g/mol. The van der Waals surface area contributed by atoms with Crippen LogP contribution >= 0.6 is 0 Å². The van der Waals surface area contributed by atoms with E-state index in [2.05, 4.69) is 27.9 Å². The van der Waals surface area contributed by atoms with Crippen LogP contribution in [0.1, 0.15) is 37.6 Å². The third kappa shape index (κ3) is 4.87. The Morgan fingerprint density at radius 3 is 2.75 bits per heavy atom. The summed E-state index contributed by atoms with van der Waals surface area (Å²) >= 11 is 0. The van der Waals surface area contributed by atoms with Crippen LogP contribution < -0.4 is 16.0 Å². The lowest BCUT2D eigenvalue weighted by atomic mass is 10.2. The molecule has 1 atom stereocenters. The minimum atomic E-state index is -0.567. The number of nitrogens with one attached hydrogen (secondary N) is 3. The zero-order chi connectivity index (χ0) is 15.0. The van der Waals surface area contributed by atoms with Gasteiger partial charge in [0, 0.05) is 24.8 Å². The van der Waals surface area contributed by atoms with Crippen LogP contribution in [-0.4, -0.2) is 35.9 Å². The van der Waals surface area contributed by atoms with Gasteiger partial charge in [-0.3, -0.25) is 9.59 Å². The van der Waals surface area contributed by atoms with Crippen molar-refractivity contribution in [2.45, 2.75) is 33.2 Å². The van der Waals surface area contributed by atoms with Crippen LogP contribution in [0.5, 0.6) is 0 Å². The molecule has 1 aromatic heterocycles. The summed E-state index contributed by atoms with van der Waals surface area (Å²) in [7, 11) is 0. The normalized spacial score (nSPS) is 11.6. The first-order valence-electron chi connectivity index (χ1n) is 6.87. The number of hydrogen-bond acceptors (Lipinski definition) is 4. The SMILES string of the molecule is CCCNc1cc(C(=O)NC(C)C(=O)NCC)ccn1. The van der Waals surface area contributed by atoms with Gasteiger partial charge in [0.15, 0.2) is 0 Å². The van der Waals surface area contributed by atoms with E-state index in [1.165, 1.54) is 0 Å². The van der Waals surface area contributed by atoms with E-state index in [0.29, 0.717) is 17.9 Å². The Balaban J connectivity index is 2.65. The lowest BCUT2D eigenvalue weighted by Crippen LogP contribution is -2.44. The molecule has 0 aliphatic carbocycles. The zero-order valence-electron chi connectivity index (χ0n) is 12.2. The van der Waals surface area contributed by atoms with Gasteiger partial charge in [0.1, 0.15) is 11.9 Å². The highest BCUT2D eigenvalue weighted by atomic mass is 16.2. The molecule has 1 unspecified atom stereocenters. The van der Waals surface area contributed by atoms with Crippen LogP contribution in [0, 0.1) is 0 Å². The number of amides is 2. The number of anilines is 1. The second-order valence-corrected chi connectivity index (χ2v) is 4.45. The predicted octanol–water partition coefficient (Wildman–Crippen LogP) is 1.16. The highest BCUT2D eigenvalue weighted by Gasteiger charge is 2.16. The maximum atomic E-state index is 12.0. The molecule has 1 rings (SSSR count). The molecule has 1 heterocycles. The van der Waals surface area contributed by atoms with Crippen molar-refractivity contribution >= 4 is 17.6 Å². The Morgan fingerprint density at radius 2 is 2.10 bits per heavy atom. The molecule has 0 aliphatic rings. The van der Waals surface area contributed by atoms with Crippen LogP contribution in [0.3, 0.4) is 0 Å². The van der Waals surface area contributed by atoms with Crippen molar-refractivity contribution in [3.63, 3.8) is 0 Å². The standard InChI is InChI=1S/C14H22N4O2/c1-4-7-16-12-9-11(6-8-17-12)14(20)18-10(3)13(19)15-5-2/h6,8-10H,4-5,7H2,1-3H3,(H,15,19)(H,16,17)(H,18,20). The number of pyridine rings is 1. The van der Waals surface area contributed by atoms with Crippen molar-refractivity contribution < 1.29 is 9.59 Å². The first-order chi connectivity index (χ1) is 9.58. The number of carbonyl (C=O) groups is 2. The summed E-state index contributed by atoms with van der Waals surface area (Å²) in [6.07, 6.45) is 2.55. The molecule has 3 N–H and O–H groups in total. The van der Waals surface area contributed by atoms with Crippen molar-refractivity contribution in [1.82, 2.24) is 15.6 Å². The lowest BCUT2D eigenvalue weighted by molar-refractivity contribution is -0.122. The lowest BCUT2D eigenvalue weighted by Gasteiger charge is -2.13. The maximum Gasteiger partial charge on any atom is 0.252 e. The highest BCUT2D eigenvalue weighted by Crippen LogP contribution is 2.07. The molecule has 0 bridgehead atoms. The van der Waals surface area contributed by atoms with E-state index >= 15 is 0 Å². The quantitative estimate of drug-likeness (QED) is 0.699. The first kappa shape index (κ1) is 15.9. The predicted molar refractivity (Wildman–Crippen MR) is 78.6 cm³/mol. The van der Waals surface area contributed by atoms with Crippen LogP contribution in [0.25, 0.3) is 0 Å². The van der Waals surface area contributed by atoms with E-state index in [-0.39, 0.29) is 11.8 Å².